The number of nitrogens with one attached hydrogen (secondary N) is 1. The van der Waals surface area contributed by atoms with Crippen LogP contribution in [0.3, 0.4) is 0 Å². The summed E-state index contributed by atoms with van der Waals surface area (Å²) in [5, 5.41) is 3.73. The van der Waals surface area contributed by atoms with Crippen LogP contribution < -0.4 is 5.32 Å². The van der Waals surface area contributed by atoms with Crippen LogP contribution in [-0.4, -0.2) is 17.7 Å². The maximum atomic E-state index is 11.1. The van der Waals surface area contributed by atoms with E-state index in [1.54, 1.807) is 6.92 Å². The molecule has 0 unspecified atom stereocenters. The van der Waals surface area contributed by atoms with Gasteiger partial charge in [0.1, 0.15) is 0 Å². The first-order chi connectivity index (χ1) is 8.29. The van der Waals surface area contributed by atoms with Crippen LogP contribution in [-0.2, 0) is 11.3 Å². The minimum Gasteiger partial charge on any atom is -0.450 e. The molecule has 0 spiro atoms. The van der Waals surface area contributed by atoms with Gasteiger partial charge in [0, 0.05) is 5.39 Å². The average Bonchev–Trinajstić information content (AvgIpc) is 2.36. The number of nitrogens with zero attached hydrogens (tertiary/aromatic N) is 1. The number of aromatic nitrogens is 1. The molecule has 1 amide bonds. The van der Waals surface area contributed by atoms with Gasteiger partial charge in [-0.15, -0.1) is 0 Å². The monoisotopic (exact) mass is 230 g/mol. The Hall–Kier alpha value is -2.10. The molecule has 0 atom stereocenters. The summed E-state index contributed by atoms with van der Waals surface area (Å²) in [7, 11) is 0. The largest absolute Gasteiger partial charge is 0.450 e. The van der Waals surface area contributed by atoms with Crippen molar-refractivity contribution in [3.8, 4) is 0 Å². The molecule has 0 bridgehead atoms. The smallest absolute Gasteiger partial charge is 0.407 e. The number of carbonyl (C=O) groups is 1. The molecule has 1 heterocycles. The van der Waals surface area contributed by atoms with Gasteiger partial charge < -0.3 is 10.1 Å². The number of carbonyl (C=O) groups excluding carboxylic acids is 1. The zero-order valence-corrected chi connectivity index (χ0v) is 9.64. The lowest BCUT2D eigenvalue weighted by Gasteiger charge is -2.05. The number of hydrogen-bond donors (Lipinski definition) is 1. The number of hydrogen-bond acceptors (Lipinski definition) is 3. The lowest BCUT2D eigenvalue weighted by Crippen LogP contribution is -2.24. The van der Waals surface area contributed by atoms with Gasteiger partial charge in [-0.1, -0.05) is 24.3 Å². The van der Waals surface area contributed by atoms with E-state index in [-0.39, 0.29) is 0 Å². The number of rotatable bonds is 3. The van der Waals surface area contributed by atoms with Gasteiger partial charge in [0.15, 0.2) is 0 Å². The number of para-hydroxylation sites is 1. The highest BCUT2D eigenvalue weighted by Crippen LogP contribution is 2.11. The molecule has 0 aliphatic heterocycles. The second kappa shape index (κ2) is 5.30. The van der Waals surface area contributed by atoms with E-state index in [2.05, 4.69) is 10.3 Å². The number of amides is 1. The molecule has 88 valence electrons. The van der Waals surface area contributed by atoms with Crippen LogP contribution >= 0.6 is 0 Å². The standard InChI is InChI=1S/C13H14N2O2/c1-2-17-13(16)14-9-11-8-7-10-5-3-4-6-12(10)15-11/h3-8H,2,9H2,1H3,(H,14,16). The molecule has 2 aromatic rings. The first kappa shape index (κ1) is 11.4. The molecule has 0 aliphatic rings. The zero-order chi connectivity index (χ0) is 12.1. The molecule has 0 saturated carbocycles. The van der Waals surface area contributed by atoms with Gasteiger partial charge in [-0.05, 0) is 19.1 Å². The molecule has 4 nitrogen and oxygen atoms in total. The summed E-state index contributed by atoms with van der Waals surface area (Å²) in [6.45, 7) is 2.52. The normalized spacial score (nSPS) is 10.2. The van der Waals surface area contributed by atoms with Crippen LogP contribution in [0.2, 0.25) is 0 Å². The van der Waals surface area contributed by atoms with E-state index in [9.17, 15) is 4.79 Å². The second-order valence-corrected chi connectivity index (χ2v) is 3.57. The fraction of sp³-hybridized carbons (Fsp3) is 0.231. The summed E-state index contributed by atoms with van der Waals surface area (Å²) in [6, 6.07) is 11.8. The number of benzene rings is 1. The quantitative estimate of drug-likeness (QED) is 0.881. The fourth-order valence-electron chi connectivity index (χ4n) is 1.55. The number of alkyl carbamates (subject to hydrolysis) is 1. The van der Waals surface area contributed by atoms with E-state index in [0.29, 0.717) is 13.2 Å². The third-order valence-corrected chi connectivity index (χ3v) is 2.35. The van der Waals surface area contributed by atoms with Crippen LogP contribution in [0.5, 0.6) is 0 Å². The van der Waals surface area contributed by atoms with Gasteiger partial charge in [-0.25, -0.2) is 4.79 Å². The molecule has 1 aromatic heterocycles. The molecule has 0 fully saturated rings. The lowest BCUT2D eigenvalue weighted by atomic mass is 10.2. The topological polar surface area (TPSA) is 51.2 Å². The molecule has 1 N–H and O–H groups in total. The Balaban J connectivity index is 2.06. The summed E-state index contributed by atoms with van der Waals surface area (Å²) in [5.74, 6) is 0. The number of ether oxygens (including phenoxy) is 1. The Labute approximate surface area is 99.6 Å². The highest BCUT2D eigenvalue weighted by Gasteiger charge is 2.02. The fourth-order valence-corrected chi connectivity index (χ4v) is 1.55. The third-order valence-electron chi connectivity index (χ3n) is 2.35. The van der Waals surface area contributed by atoms with Crippen molar-refractivity contribution in [3.05, 3.63) is 42.1 Å². The summed E-state index contributed by atoms with van der Waals surface area (Å²) < 4.78 is 4.77. The predicted molar refractivity (Wildman–Crippen MR) is 65.6 cm³/mol. The Bertz CT molecular complexity index is 526. The Morgan fingerprint density at radius 1 is 1.29 bits per heavy atom. The van der Waals surface area contributed by atoms with Crippen molar-refractivity contribution in [1.82, 2.24) is 10.3 Å². The van der Waals surface area contributed by atoms with Crippen LogP contribution in [0, 0.1) is 0 Å². The number of fused-ring (bicyclic) bond motifs is 1. The minimum atomic E-state index is -0.414. The SMILES string of the molecule is CCOC(=O)NCc1ccc2ccccc2n1. The number of pyridine rings is 1. The molecule has 0 saturated heterocycles. The minimum absolute atomic E-state index is 0.372. The first-order valence-electron chi connectivity index (χ1n) is 5.55. The Kier molecular flexibility index (Phi) is 3.55. The third kappa shape index (κ3) is 2.93. The first-order valence-corrected chi connectivity index (χ1v) is 5.55. The van der Waals surface area contributed by atoms with Crippen LogP contribution in [0.4, 0.5) is 4.79 Å². The summed E-state index contributed by atoms with van der Waals surface area (Å²) in [4.78, 5) is 15.6. The predicted octanol–water partition coefficient (Wildman–Crippen LogP) is 2.48. The highest BCUT2D eigenvalue weighted by molar-refractivity contribution is 5.78. The van der Waals surface area contributed by atoms with E-state index in [4.69, 9.17) is 4.74 Å². The molecule has 0 aliphatic carbocycles. The van der Waals surface area contributed by atoms with Crippen molar-refractivity contribution < 1.29 is 9.53 Å². The van der Waals surface area contributed by atoms with Crippen molar-refractivity contribution >= 4 is 17.0 Å². The van der Waals surface area contributed by atoms with Crippen molar-refractivity contribution in [3.63, 3.8) is 0 Å². The van der Waals surface area contributed by atoms with E-state index in [1.807, 2.05) is 36.4 Å². The molecule has 17 heavy (non-hydrogen) atoms. The van der Waals surface area contributed by atoms with Crippen molar-refractivity contribution in [2.45, 2.75) is 13.5 Å². The average molecular weight is 230 g/mol. The maximum Gasteiger partial charge on any atom is 0.407 e. The molecule has 0 radical (unpaired) electrons. The van der Waals surface area contributed by atoms with Crippen LogP contribution in [0.15, 0.2) is 36.4 Å². The molecular formula is C13H14N2O2. The van der Waals surface area contributed by atoms with Gasteiger partial charge in [-0.3, -0.25) is 4.98 Å². The van der Waals surface area contributed by atoms with E-state index < -0.39 is 6.09 Å². The van der Waals surface area contributed by atoms with Crippen molar-refractivity contribution in [1.29, 1.82) is 0 Å². The van der Waals surface area contributed by atoms with Crippen molar-refractivity contribution in [2.24, 2.45) is 0 Å². The molecular weight excluding hydrogens is 216 g/mol. The molecule has 4 heteroatoms. The summed E-state index contributed by atoms with van der Waals surface area (Å²) in [5.41, 5.74) is 1.74. The zero-order valence-electron chi connectivity index (χ0n) is 9.64. The van der Waals surface area contributed by atoms with E-state index >= 15 is 0 Å². The maximum absolute atomic E-state index is 11.1. The summed E-state index contributed by atoms with van der Waals surface area (Å²) >= 11 is 0. The van der Waals surface area contributed by atoms with Crippen LogP contribution in [0.1, 0.15) is 12.6 Å². The second-order valence-electron chi connectivity index (χ2n) is 3.57. The van der Waals surface area contributed by atoms with Gasteiger partial charge in [0.2, 0.25) is 0 Å². The summed E-state index contributed by atoms with van der Waals surface area (Å²) in [6.07, 6.45) is -0.414. The Morgan fingerprint density at radius 2 is 2.12 bits per heavy atom. The van der Waals surface area contributed by atoms with Gasteiger partial charge in [0.05, 0.1) is 24.4 Å². The van der Waals surface area contributed by atoms with Crippen molar-refractivity contribution in [2.75, 3.05) is 6.61 Å². The molecule has 2 rings (SSSR count). The van der Waals surface area contributed by atoms with Gasteiger partial charge in [0.25, 0.3) is 0 Å². The highest BCUT2D eigenvalue weighted by atomic mass is 16.5. The lowest BCUT2D eigenvalue weighted by molar-refractivity contribution is 0.151. The van der Waals surface area contributed by atoms with E-state index in [0.717, 1.165) is 16.6 Å². The van der Waals surface area contributed by atoms with Crippen LogP contribution in [0.25, 0.3) is 10.9 Å². The molecule has 1 aromatic carbocycles. The Morgan fingerprint density at radius 3 is 2.94 bits per heavy atom. The van der Waals surface area contributed by atoms with E-state index in [1.165, 1.54) is 0 Å². The van der Waals surface area contributed by atoms with Gasteiger partial charge in [-0.2, -0.15) is 0 Å². The van der Waals surface area contributed by atoms with Gasteiger partial charge >= 0.3 is 6.09 Å².